The van der Waals surface area contributed by atoms with Gasteiger partial charge in [-0.15, -0.1) is 11.3 Å². The van der Waals surface area contributed by atoms with Crippen LogP contribution in [0.2, 0.25) is 0 Å². The van der Waals surface area contributed by atoms with E-state index in [9.17, 15) is 4.79 Å². The summed E-state index contributed by atoms with van der Waals surface area (Å²) in [5, 5.41) is 5.22. The lowest BCUT2D eigenvalue weighted by atomic mass is 10.0. The third kappa shape index (κ3) is 2.63. The molecule has 0 aliphatic heterocycles. The Bertz CT molecular complexity index is 606. The summed E-state index contributed by atoms with van der Waals surface area (Å²) in [5.74, 6) is 0.0413. The van der Waals surface area contributed by atoms with Crippen LogP contribution in [0.5, 0.6) is 0 Å². The van der Waals surface area contributed by atoms with E-state index in [1.54, 1.807) is 11.3 Å². The Morgan fingerprint density at radius 2 is 1.95 bits per heavy atom. The van der Waals surface area contributed by atoms with Gasteiger partial charge in [-0.3, -0.25) is 4.79 Å². The predicted molar refractivity (Wildman–Crippen MR) is 83.5 cm³/mol. The van der Waals surface area contributed by atoms with E-state index in [2.05, 4.69) is 28.9 Å². The first-order valence-corrected chi connectivity index (χ1v) is 7.88. The molecule has 1 N–H and O–H groups in total. The molecule has 0 saturated heterocycles. The van der Waals surface area contributed by atoms with Crippen molar-refractivity contribution in [3.63, 3.8) is 0 Å². The molecule has 2 aromatic rings. The van der Waals surface area contributed by atoms with Crippen molar-refractivity contribution >= 4 is 17.2 Å². The molecule has 0 bridgehead atoms. The molecule has 0 atom stereocenters. The van der Waals surface area contributed by atoms with Crippen molar-refractivity contribution in [3.8, 4) is 0 Å². The van der Waals surface area contributed by atoms with Gasteiger partial charge in [0.15, 0.2) is 0 Å². The molecule has 0 spiro atoms. The zero-order chi connectivity index (χ0) is 14.2. The molecule has 104 valence electrons. The van der Waals surface area contributed by atoms with E-state index in [1.807, 2.05) is 26.0 Å². The maximum absolute atomic E-state index is 12.3. The van der Waals surface area contributed by atoms with Crippen LogP contribution >= 0.6 is 11.3 Å². The summed E-state index contributed by atoms with van der Waals surface area (Å²) in [5.41, 5.74) is 3.25. The van der Waals surface area contributed by atoms with Gasteiger partial charge >= 0.3 is 0 Å². The highest BCUT2D eigenvalue weighted by atomic mass is 32.1. The molecule has 1 saturated carbocycles. The van der Waals surface area contributed by atoms with Crippen LogP contribution < -0.4 is 5.32 Å². The Hall–Kier alpha value is -1.61. The average Bonchev–Trinajstić information content (AvgIpc) is 2.98. The monoisotopic (exact) mass is 285 g/mol. The fourth-order valence-corrected chi connectivity index (χ4v) is 3.69. The van der Waals surface area contributed by atoms with Gasteiger partial charge in [0, 0.05) is 22.4 Å². The molecular formula is C17H19NOS. The molecule has 2 nitrogen and oxygen atoms in total. The van der Waals surface area contributed by atoms with Gasteiger partial charge < -0.3 is 5.32 Å². The predicted octanol–water partition coefficient (Wildman–Crippen LogP) is 3.83. The minimum Gasteiger partial charge on any atom is -0.351 e. The number of hydrogen-bond acceptors (Lipinski definition) is 2. The van der Waals surface area contributed by atoms with Crippen LogP contribution in [-0.4, -0.2) is 12.5 Å². The number of benzene rings is 1. The molecule has 3 rings (SSSR count). The summed E-state index contributed by atoms with van der Waals surface area (Å²) in [6, 6.07) is 10.3. The summed E-state index contributed by atoms with van der Waals surface area (Å²) >= 11 is 1.79. The van der Waals surface area contributed by atoms with E-state index in [0.717, 1.165) is 23.2 Å². The average molecular weight is 285 g/mol. The van der Waals surface area contributed by atoms with Gasteiger partial charge in [0.1, 0.15) is 0 Å². The van der Waals surface area contributed by atoms with Crippen LogP contribution in [0.25, 0.3) is 0 Å². The third-order valence-electron chi connectivity index (χ3n) is 3.97. The molecule has 20 heavy (non-hydrogen) atoms. The van der Waals surface area contributed by atoms with Crippen LogP contribution in [0.15, 0.2) is 35.7 Å². The zero-order valence-electron chi connectivity index (χ0n) is 11.9. The van der Waals surface area contributed by atoms with Gasteiger partial charge in [-0.2, -0.15) is 0 Å². The molecule has 0 unspecified atom stereocenters. The standard InChI is InChI=1S/C17H19NOS/c1-12-8-13(2)10-14(9-12)16(19)18-11-17(5-6-17)15-4-3-7-20-15/h3-4,7-10H,5-6,11H2,1-2H3,(H,18,19). The SMILES string of the molecule is Cc1cc(C)cc(C(=O)NCC2(c3cccs3)CC2)c1. The minimum atomic E-state index is 0.0413. The number of amides is 1. The van der Waals surface area contributed by atoms with E-state index in [1.165, 1.54) is 17.7 Å². The second-order valence-electron chi connectivity index (χ2n) is 5.82. The molecule has 3 heteroatoms. The lowest BCUT2D eigenvalue weighted by Crippen LogP contribution is -2.31. The smallest absolute Gasteiger partial charge is 0.251 e. The molecule has 1 fully saturated rings. The van der Waals surface area contributed by atoms with E-state index in [0.29, 0.717) is 0 Å². The zero-order valence-corrected chi connectivity index (χ0v) is 12.7. The summed E-state index contributed by atoms with van der Waals surface area (Å²) < 4.78 is 0. The quantitative estimate of drug-likeness (QED) is 0.909. The molecule has 1 aliphatic carbocycles. The summed E-state index contributed by atoms with van der Waals surface area (Å²) in [4.78, 5) is 13.7. The van der Waals surface area contributed by atoms with Crippen LogP contribution in [0.4, 0.5) is 0 Å². The van der Waals surface area contributed by atoms with E-state index in [-0.39, 0.29) is 11.3 Å². The summed E-state index contributed by atoms with van der Waals surface area (Å²) in [6.45, 7) is 4.80. The molecule has 0 radical (unpaired) electrons. The highest BCUT2D eigenvalue weighted by Gasteiger charge is 2.45. The molecule has 1 aliphatic rings. The lowest BCUT2D eigenvalue weighted by molar-refractivity contribution is 0.0949. The number of aryl methyl sites for hydroxylation is 2. The first-order chi connectivity index (χ1) is 9.59. The van der Waals surface area contributed by atoms with Gasteiger partial charge in [-0.05, 0) is 50.3 Å². The van der Waals surface area contributed by atoms with Crippen molar-refractivity contribution in [2.24, 2.45) is 0 Å². The Labute approximate surface area is 123 Å². The van der Waals surface area contributed by atoms with Crippen LogP contribution in [0, 0.1) is 13.8 Å². The van der Waals surface area contributed by atoms with Gasteiger partial charge in [0.25, 0.3) is 5.91 Å². The second-order valence-corrected chi connectivity index (χ2v) is 6.76. The van der Waals surface area contributed by atoms with Crippen molar-refractivity contribution in [2.75, 3.05) is 6.54 Å². The van der Waals surface area contributed by atoms with Crippen LogP contribution in [0.1, 0.15) is 39.2 Å². The summed E-state index contributed by atoms with van der Waals surface area (Å²) in [7, 11) is 0. The van der Waals surface area contributed by atoms with Gasteiger partial charge in [0.05, 0.1) is 0 Å². The maximum atomic E-state index is 12.3. The summed E-state index contributed by atoms with van der Waals surface area (Å²) in [6.07, 6.45) is 2.36. The van der Waals surface area contributed by atoms with Gasteiger partial charge in [0.2, 0.25) is 0 Å². The first-order valence-electron chi connectivity index (χ1n) is 7.00. The van der Waals surface area contributed by atoms with E-state index >= 15 is 0 Å². The lowest BCUT2D eigenvalue weighted by Gasteiger charge is -2.14. The number of nitrogens with one attached hydrogen (secondary N) is 1. The van der Waals surface area contributed by atoms with Crippen LogP contribution in [-0.2, 0) is 5.41 Å². The van der Waals surface area contributed by atoms with Gasteiger partial charge in [-0.25, -0.2) is 0 Å². The topological polar surface area (TPSA) is 29.1 Å². The molecule has 1 amide bonds. The van der Waals surface area contributed by atoms with Crippen LogP contribution in [0.3, 0.4) is 0 Å². The second kappa shape index (κ2) is 5.06. The highest BCUT2D eigenvalue weighted by Crippen LogP contribution is 2.49. The number of carbonyl (C=O) groups excluding carboxylic acids is 1. The number of rotatable bonds is 4. The molecular weight excluding hydrogens is 266 g/mol. The van der Waals surface area contributed by atoms with Crippen molar-refractivity contribution < 1.29 is 4.79 Å². The first kappa shape index (κ1) is 13.4. The Morgan fingerprint density at radius 3 is 2.50 bits per heavy atom. The van der Waals surface area contributed by atoms with Crippen molar-refractivity contribution in [3.05, 3.63) is 57.3 Å². The minimum absolute atomic E-state index is 0.0413. The molecule has 1 aromatic heterocycles. The Kier molecular flexibility index (Phi) is 3.38. The fraction of sp³-hybridized carbons (Fsp3) is 0.353. The Balaban J connectivity index is 1.68. The third-order valence-corrected chi connectivity index (χ3v) is 5.08. The van der Waals surface area contributed by atoms with Crippen molar-refractivity contribution in [2.45, 2.75) is 32.1 Å². The highest BCUT2D eigenvalue weighted by molar-refractivity contribution is 7.10. The van der Waals surface area contributed by atoms with Crippen molar-refractivity contribution in [1.29, 1.82) is 0 Å². The normalized spacial score (nSPS) is 15.9. The molecule has 1 aromatic carbocycles. The van der Waals surface area contributed by atoms with Gasteiger partial charge in [-0.1, -0.05) is 23.3 Å². The Morgan fingerprint density at radius 1 is 1.25 bits per heavy atom. The number of thiophene rings is 1. The molecule has 1 heterocycles. The largest absolute Gasteiger partial charge is 0.351 e. The van der Waals surface area contributed by atoms with E-state index in [4.69, 9.17) is 0 Å². The van der Waals surface area contributed by atoms with Crippen molar-refractivity contribution in [1.82, 2.24) is 5.32 Å². The number of hydrogen-bond donors (Lipinski definition) is 1. The number of carbonyl (C=O) groups is 1. The fourth-order valence-electron chi connectivity index (χ4n) is 2.70. The van der Waals surface area contributed by atoms with E-state index < -0.39 is 0 Å². The maximum Gasteiger partial charge on any atom is 0.251 e.